The van der Waals surface area contributed by atoms with Gasteiger partial charge >= 0.3 is 13.7 Å². The Hall–Kier alpha value is -1.25. The van der Waals surface area contributed by atoms with Gasteiger partial charge in [0.25, 0.3) is 0 Å². The molecule has 0 amide bonds. The van der Waals surface area contributed by atoms with Crippen molar-refractivity contribution in [2.24, 2.45) is 0 Å². The Bertz CT molecular complexity index is 467. The van der Waals surface area contributed by atoms with Crippen molar-refractivity contribution in [3.8, 4) is 0 Å². The summed E-state index contributed by atoms with van der Waals surface area (Å²) in [5.74, 6) is 0. The third-order valence-corrected chi connectivity index (χ3v) is 5.51. The summed E-state index contributed by atoms with van der Waals surface area (Å²) in [5, 5.41) is 0. The van der Waals surface area contributed by atoms with E-state index in [4.69, 9.17) is 18.6 Å². The molecule has 118 valence electrons. The lowest BCUT2D eigenvalue weighted by Gasteiger charge is -2.25. The minimum atomic E-state index is -3.07. The third-order valence-electron chi connectivity index (χ3n) is 2.85. The molecule has 0 saturated heterocycles. The van der Waals surface area contributed by atoms with E-state index in [0.717, 1.165) is 12.0 Å². The average molecular weight is 314 g/mol. The fraction of sp³-hybridized carbons (Fsp3) is 0.533. The maximum absolute atomic E-state index is 12.8. The van der Waals surface area contributed by atoms with Gasteiger partial charge in [-0.2, -0.15) is 9.59 Å². The molecule has 0 saturated carbocycles. The van der Waals surface area contributed by atoms with Gasteiger partial charge in [-0.3, -0.25) is 4.57 Å². The summed E-state index contributed by atoms with van der Waals surface area (Å²) >= 11 is 0. The van der Waals surface area contributed by atoms with Crippen molar-refractivity contribution in [2.45, 2.75) is 39.8 Å². The van der Waals surface area contributed by atoms with Crippen molar-refractivity contribution in [3.05, 3.63) is 35.4 Å². The second-order valence-corrected chi connectivity index (χ2v) is 6.51. The SMILES string of the molecule is CCOP(=O)(OCC)C(CC)c1ccc(C)cc1.O=C=O. The van der Waals surface area contributed by atoms with Crippen molar-refractivity contribution < 1.29 is 23.2 Å². The lowest BCUT2D eigenvalue weighted by atomic mass is 10.1. The van der Waals surface area contributed by atoms with Crippen LogP contribution in [0.5, 0.6) is 0 Å². The van der Waals surface area contributed by atoms with Crippen LogP contribution in [0.2, 0.25) is 0 Å². The van der Waals surface area contributed by atoms with Crippen LogP contribution in [0.1, 0.15) is 44.0 Å². The highest BCUT2D eigenvalue weighted by atomic mass is 31.2. The molecular formula is C15H23O5P. The Morgan fingerprint density at radius 3 is 1.81 bits per heavy atom. The first kappa shape index (κ1) is 19.8. The van der Waals surface area contributed by atoms with Crippen LogP contribution in [0.4, 0.5) is 0 Å². The Balaban J connectivity index is 0.00000122. The van der Waals surface area contributed by atoms with Crippen molar-refractivity contribution in [3.63, 3.8) is 0 Å². The molecule has 0 aliphatic heterocycles. The summed E-state index contributed by atoms with van der Waals surface area (Å²) in [6.07, 6.45) is 0.986. The zero-order chi connectivity index (χ0) is 16.3. The lowest BCUT2D eigenvalue weighted by molar-refractivity contribution is -0.191. The number of aryl methyl sites for hydroxylation is 1. The number of benzene rings is 1. The van der Waals surface area contributed by atoms with Crippen molar-refractivity contribution in [2.75, 3.05) is 13.2 Å². The van der Waals surface area contributed by atoms with Crippen molar-refractivity contribution >= 4 is 13.7 Å². The first-order valence-electron chi connectivity index (χ1n) is 6.93. The van der Waals surface area contributed by atoms with E-state index in [1.54, 1.807) is 0 Å². The Labute approximate surface area is 126 Å². The van der Waals surface area contributed by atoms with E-state index in [9.17, 15) is 4.57 Å². The second-order valence-electron chi connectivity index (χ2n) is 4.29. The summed E-state index contributed by atoms with van der Waals surface area (Å²) in [7, 11) is -3.07. The van der Waals surface area contributed by atoms with Crippen LogP contribution in [-0.2, 0) is 23.2 Å². The lowest BCUT2D eigenvalue weighted by Crippen LogP contribution is -2.06. The molecule has 0 aliphatic rings. The first-order chi connectivity index (χ1) is 9.98. The normalized spacial score (nSPS) is 12.0. The molecule has 1 aromatic rings. The van der Waals surface area contributed by atoms with Crippen LogP contribution in [0.15, 0.2) is 24.3 Å². The summed E-state index contributed by atoms with van der Waals surface area (Å²) in [5.41, 5.74) is 2.03. The first-order valence-corrected chi connectivity index (χ1v) is 8.54. The molecule has 1 atom stereocenters. The summed E-state index contributed by atoms with van der Waals surface area (Å²) in [4.78, 5) is 16.2. The predicted molar refractivity (Wildman–Crippen MR) is 80.1 cm³/mol. The molecule has 1 unspecified atom stereocenters. The molecule has 0 spiro atoms. The zero-order valence-corrected chi connectivity index (χ0v) is 13.9. The highest BCUT2D eigenvalue weighted by molar-refractivity contribution is 7.54. The number of rotatable bonds is 7. The predicted octanol–water partition coefficient (Wildman–Crippen LogP) is 4.13. The molecule has 6 heteroatoms. The van der Waals surface area contributed by atoms with Gasteiger partial charge < -0.3 is 9.05 Å². The van der Waals surface area contributed by atoms with Crippen LogP contribution < -0.4 is 0 Å². The molecule has 0 fully saturated rings. The van der Waals surface area contributed by atoms with E-state index in [0.29, 0.717) is 13.2 Å². The minimum Gasteiger partial charge on any atom is -0.308 e. The number of hydrogen-bond donors (Lipinski definition) is 0. The van der Waals surface area contributed by atoms with Crippen LogP contribution in [0.25, 0.3) is 0 Å². The fourth-order valence-corrected chi connectivity index (χ4v) is 4.15. The molecule has 1 rings (SSSR count). The van der Waals surface area contributed by atoms with Crippen molar-refractivity contribution in [1.29, 1.82) is 0 Å². The van der Waals surface area contributed by atoms with Gasteiger partial charge in [0.2, 0.25) is 0 Å². The van der Waals surface area contributed by atoms with E-state index in [1.165, 1.54) is 5.56 Å². The molecule has 1 aromatic carbocycles. The third kappa shape index (κ3) is 6.36. The van der Waals surface area contributed by atoms with Crippen LogP contribution in [-0.4, -0.2) is 19.4 Å². The second kappa shape index (κ2) is 10.5. The molecule has 0 bridgehead atoms. The average Bonchev–Trinajstić information content (AvgIpc) is 2.43. The molecule has 21 heavy (non-hydrogen) atoms. The van der Waals surface area contributed by atoms with Gasteiger partial charge in [-0.25, -0.2) is 0 Å². The molecular weight excluding hydrogens is 291 g/mol. The van der Waals surface area contributed by atoms with Gasteiger partial charge in [0.05, 0.1) is 18.9 Å². The topological polar surface area (TPSA) is 69.7 Å². The standard InChI is InChI=1S/C14H23O3P.CO2/c1-5-14(13-10-8-12(4)9-11-13)18(15,16-6-2)17-7-3;2-1-3/h8-11,14H,5-7H2,1-4H3;. The van der Waals surface area contributed by atoms with E-state index in [-0.39, 0.29) is 11.8 Å². The molecule has 0 aromatic heterocycles. The Kier molecular flexibility index (Phi) is 9.85. The van der Waals surface area contributed by atoms with Gasteiger partial charge in [0.1, 0.15) is 0 Å². The van der Waals surface area contributed by atoms with Crippen LogP contribution in [0.3, 0.4) is 0 Å². The molecule has 5 nitrogen and oxygen atoms in total. The smallest absolute Gasteiger partial charge is 0.308 e. The number of hydrogen-bond acceptors (Lipinski definition) is 5. The van der Waals surface area contributed by atoms with E-state index >= 15 is 0 Å². The maximum atomic E-state index is 12.8. The van der Waals surface area contributed by atoms with E-state index < -0.39 is 7.60 Å². The van der Waals surface area contributed by atoms with Crippen molar-refractivity contribution in [1.82, 2.24) is 0 Å². The molecule has 0 aliphatic carbocycles. The van der Waals surface area contributed by atoms with Gasteiger partial charge in [-0.05, 0) is 32.8 Å². The van der Waals surface area contributed by atoms with Crippen LogP contribution >= 0.6 is 7.60 Å². The minimum absolute atomic E-state index is 0.182. The maximum Gasteiger partial charge on any atom is 0.373 e. The summed E-state index contributed by atoms with van der Waals surface area (Å²) in [6.45, 7) is 8.53. The molecule has 0 heterocycles. The Morgan fingerprint density at radius 2 is 1.48 bits per heavy atom. The van der Waals surface area contributed by atoms with E-state index in [1.807, 2.05) is 52.0 Å². The highest BCUT2D eigenvalue weighted by Crippen LogP contribution is 2.62. The van der Waals surface area contributed by atoms with Gasteiger partial charge in [-0.1, -0.05) is 36.8 Å². The zero-order valence-electron chi connectivity index (χ0n) is 13.0. The quantitative estimate of drug-likeness (QED) is 0.708. The van der Waals surface area contributed by atoms with Gasteiger partial charge in [0, 0.05) is 0 Å². The number of carbonyl (C=O) groups excluding carboxylic acids is 2. The van der Waals surface area contributed by atoms with E-state index in [2.05, 4.69) is 0 Å². The van der Waals surface area contributed by atoms with Crippen LogP contribution in [0, 0.1) is 6.92 Å². The molecule has 0 N–H and O–H groups in total. The Morgan fingerprint density at radius 1 is 1.05 bits per heavy atom. The highest BCUT2D eigenvalue weighted by Gasteiger charge is 2.35. The summed E-state index contributed by atoms with van der Waals surface area (Å²) in [6, 6.07) is 8.07. The molecule has 0 radical (unpaired) electrons. The fourth-order valence-electron chi connectivity index (χ4n) is 2.01. The summed E-state index contributed by atoms with van der Waals surface area (Å²) < 4.78 is 23.7. The van der Waals surface area contributed by atoms with Gasteiger partial charge in [-0.15, -0.1) is 0 Å². The van der Waals surface area contributed by atoms with Gasteiger partial charge in [0.15, 0.2) is 0 Å². The monoisotopic (exact) mass is 314 g/mol. The largest absolute Gasteiger partial charge is 0.373 e.